The highest BCUT2D eigenvalue weighted by molar-refractivity contribution is 4.72. The smallest absolute Gasteiger partial charge is 0.0624 e. The molecule has 0 N–H and O–H groups in total. The minimum atomic E-state index is -1.95. The van der Waals surface area contributed by atoms with E-state index in [9.17, 15) is 0 Å². The lowest BCUT2D eigenvalue weighted by Gasteiger charge is -2.02. The van der Waals surface area contributed by atoms with E-state index < -0.39 is 12.8 Å². The topological polar surface area (TPSA) is 23.8 Å². The first-order valence-corrected chi connectivity index (χ1v) is 3.39. The number of rotatable bonds is 4. The normalized spacial score (nSPS) is 18.9. The molecule has 0 aliphatic heterocycles. The van der Waals surface area contributed by atoms with Gasteiger partial charge in [0.25, 0.3) is 0 Å². The second-order valence-corrected chi connectivity index (χ2v) is 2.20. The fraction of sp³-hybridized carbons (Fsp3) is 0.875. The van der Waals surface area contributed by atoms with Gasteiger partial charge in [0.2, 0.25) is 0 Å². The molecular weight excluding hydrogens is 110 g/mol. The van der Waals surface area contributed by atoms with Crippen LogP contribution < -0.4 is 0 Å². The van der Waals surface area contributed by atoms with Gasteiger partial charge >= 0.3 is 0 Å². The minimum absolute atomic E-state index is 0.149. The molecular formula is C8H15N. The fourth-order valence-corrected chi connectivity index (χ4v) is 0.663. The van der Waals surface area contributed by atoms with E-state index in [-0.39, 0.29) is 6.42 Å². The van der Waals surface area contributed by atoms with E-state index >= 15 is 0 Å². The summed E-state index contributed by atoms with van der Waals surface area (Å²) in [7, 11) is 0. The second kappa shape index (κ2) is 5.62. The zero-order valence-corrected chi connectivity index (χ0v) is 5.85. The first-order chi connectivity index (χ1) is 5.52. The van der Waals surface area contributed by atoms with Crippen molar-refractivity contribution < 1.29 is 4.11 Å². The monoisotopic (exact) mass is 128 g/mol. The van der Waals surface area contributed by atoms with Gasteiger partial charge in [0.15, 0.2) is 0 Å². The predicted octanol–water partition coefficient (Wildman–Crippen LogP) is 2.73. The molecule has 0 fully saturated rings. The van der Waals surface area contributed by atoms with Crippen LogP contribution in [-0.2, 0) is 0 Å². The van der Waals surface area contributed by atoms with Crippen molar-refractivity contribution >= 4 is 0 Å². The van der Waals surface area contributed by atoms with Crippen molar-refractivity contribution in [3.63, 3.8) is 0 Å². The lowest BCUT2D eigenvalue weighted by molar-refractivity contribution is 0.516. The van der Waals surface area contributed by atoms with Gasteiger partial charge in [-0.2, -0.15) is 5.26 Å². The SMILES string of the molecule is [2H]C([2H])([2H])[C@@H](CC#N)CCCC. The van der Waals surface area contributed by atoms with Crippen LogP contribution in [0.3, 0.4) is 0 Å². The minimum Gasteiger partial charge on any atom is -0.198 e. The van der Waals surface area contributed by atoms with Crippen LogP contribution in [0, 0.1) is 17.2 Å². The van der Waals surface area contributed by atoms with E-state index in [1.807, 2.05) is 13.0 Å². The standard InChI is InChI=1S/C8H15N/c1-3-4-5-8(2)6-7-9/h8H,3-6H2,1-2H3/t8-/m1/s1/i2D3. The third-order valence-corrected chi connectivity index (χ3v) is 1.24. The van der Waals surface area contributed by atoms with Gasteiger partial charge < -0.3 is 0 Å². The number of nitrogens with zero attached hydrogens (tertiary/aromatic N) is 1. The van der Waals surface area contributed by atoms with Crippen LogP contribution in [0.25, 0.3) is 0 Å². The molecule has 0 unspecified atom stereocenters. The highest BCUT2D eigenvalue weighted by Gasteiger charge is 1.97. The molecule has 52 valence electrons. The fourth-order valence-electron chi connectivity index (χ4n) is 0.663. The van der Waals surface area contributed by atoms with Gasteiger partial charge in [0.05, 0.1) is 6.07 Å². The lowest BCUT2D eigenvalue weighted by Crippen LogP contribution is -1.91. The highest BCUT2D eigenvalue weighted by Crippen LogP contribution is 2.09. The van der Waals surface area contributed by atoms with Crippen LogP contribution >= 0.6 is 0 Å². The van der Waals surface area contributed by atoms with Crippen molar-refractivity contribution in [1.82, 2.24) is 0 Å². The maximum Gasteiger partial charge on any atom is 0.0624 e. The van der Waals surface area contributed by atoms with Gasteiger partial charge in [-0.05, 0) is 12.3 Å². The molecule has 0 saturated heterocycles. The highest BCUT2D eigenvalue weighted by atomic mass is 14.2. The predicted molar refractivity (Wildman–Crippen MR) is 38.9 cm³/mol. The molecule has 0 bridgehead atoms. The Morgan fingerprint density at radius 3 is 3.00 bits per heavy atom. The summed E-state index contributed by atoms with van der Waals surface area (Å²) in [6, 6.07) is 1.92. The molecule has 0 aliphatic rings. The van der Waals surface area contributed by atoms with E-state index in [4.69, 9.17) is 9.37 Å². The third kappa shape index (κ3) is 5.36. The van der Waals surface area contributed by atoms with Crippen LogP contribution in [0.15, 0.2) is 0 Å². The Labute approximate surface area is 61.9 Å². The molecule has 0 aromatic rings. The van der Waals surface area contributed by atoms with E-state index in [1.165, 1.54) is 0 Å². The summed E-state index contributed by atoms with van der Waals surface area (Å²) in [6.07, 6.45) is 2.67. The van der Waals surface area contributed by atoms with Crippen LogP contribution in [0.5, 0.6) is 0 Å². The van der Waals surface area contributed by atoms with E-state index in [2.05, 4.69) is 0 Å². The molecule has 0 amide bonds. The summed E-state index contributed by atoms with van der Waals surface area (Å²) < 4.78 is 21.5. The van der Waals surface area contributed by atoms with Gasteiger partial charge in [-0.1, -0.05) is 26.6 Å². The lowest BCUT2D eigenvalue weighted by atomic mass is 10.0. The summed E-state index contributed by atoms with van der Waals surface area (Å²) in [5, 5.41) is 8.40. The van der Waals surface area contributed by atoms with E-state index in [1.54, 1.807) is 0 Å². The second-order valence-electron chi connectivity index (χ2n) is 2.20. The quantitative estimate of drug-likeness (QED) is 0.571. The molecule has 0 rings (SSSR count). The molecule has 0 heterocycles. The first kappa shape index (κ1) is 4.33. The summed E-state index contributed by atoms with van der Waals surface area (Å²) in [5.74, 6) is -0.428. The Balaban J connectivity index is 3.97. The zero-order chi connectivity index (χ0) is 9.61. The van der Waals surface area contributed by atoms with Crippen LogP contribution in [0.2, 0.25) is 0 Å². The third-order valence-electron chi connectivity index (χ3n) is 1.24. The number of hydrogen-bond donors (Lipinski definition) is 0. The molecule has 0 spiro atoms. The summed E-state index contributed by atoms with van der Waals surface area (Å²) in [4.78, 5) is 0. The first-order valence-electron chi connectivity index (χ1n) is 4.89. The van der Waals surface area contributed by atoms with Crippen molar-refractivity contribution in [3.05, 3.63) is 0 Å². The zero-order valence-electron chi connectivity index (χ0n) is 8.85. The number of unbranched alkanes of at least 4 members (excludes halogenated alkanes) is 1. The van der Waals surface area contributed by atoms with Gasteiger partial charge in [-0.3, -0.25) is 0 Å². The Bertz CT molecular complexity index is 157. The molecule has 1 heteroatoms. The Morgan fingerprint density at radius 2 is 2.56 bits per heavy atom. The molecule has 0 aliphatic carbocycles. The average molecular weight is 128 g/mol. The van der Waals surface area contributed by atoms with Crippen LogP contribution in [0.4, 0.5) is 0 Å². The van der Waals surface area contributed by atoms with Crippen LogP contribution in [-0.4, -0.2) is 0 Å². The van der Waals surface area contributed by atoms with Crippen molar-refractivity contribution in [2.45, 2.75) is 39.5 Å². The maximum atomic E-state index is 8.40. The Hall–Kier alpha value is -0.510. The van der Waals surface area contributed by atoms with Crippen molar-refractivity contribution in [3.8, 4) is 6.07 Å². The Morgan fingerprint density at radius 1 is 1.78 bits per heavy atom. The average Bonchev–Trinajstić information content (AvgIpc) is 1.95. The maximum absolute atomic E-state index is 8.40. The van der Waals surface area contributed by atoms with Gasteiger partial charge in [0.1, 0.15) is 0 Å². The van der Waals surface area contributed by atoms with Gasteiger partial charge in [-0.25, -0.2) is 0 Å². The van der Waals surface area contributed by atoms with Gasteiger partial charge in [-0.15, -0.1) is 0 Å². The molecule has 0 saturated carbocycles. The van der Waals surface area contributed by atoms with E-state index in [0.717, 1.165) is 12.8 Å². The van der Waals surface area contributed by atoms with Crippen molar-refractivity contribution in [2.24, 2.45) is 5.92 Å². The molecule has 1 nitrogen and oxygen atoms in total. The van der Waals surface area contributed by atoms with Crippen molar-refractivity contribution in [2.75, 3.05) is 0 Å². The van der Waals surface area contributed by atoms with Gasteiger partial charge in [0, 0.05) is 10.5 Å². The summed E-state index contributed by atoms with van der Waals surface area (Å²) in [5.41, 5.74) is 0. The largest absolute Gasteiger partial charge is 0.198 e. The molecule has 9 heavy (non-hydrogen) atoms. The molecule has 0 aromatic heterocycles. The summed E-state index contributed by atoms with van der Waals surface area (Å²) in [6.45, 7) is 0.0633. The van der Waals surface area contributed by atoms with E-state index in [0.29, 0.717) is 6.42 Å². The Kier molecular flexibility index (Phi) is 2.70. The summed E-state index contributed by atoms with van der Waals surface area (Å²) >= 11 is 0. The molecule has 0 aromatic carbocycles. The molecule has 1 atom stereocenters. The van der Waals surface area contributed by atoms with Crippen molar-refractivity contribution in [1.29, 1.82) is 5.26 Å². The number of hydrogen-bond acceptors (Lipinski definition) is 1. The number of nitriles is 1. The molecule has 0 radical (unpaired) electrons. The van der Waals surface area contributed by atoms with Crippen LogP contribution in [0.1, 0.15) is 43.6 Å².